The van der Waals surface area contributed by atoms with E-state index < -0.39 is 0 Å². The van der Waals surface area contributed by atoms with Crippen molar-refractivity contribution in [2.45, 2.75) is 19.8 Å². The number of amides is 1. The Bertz CT molecular complexity index is 266. The third-order valence-corrected chi connectivity index (χ3v) is 1.65. The molecule has 0 aliphatic rings. The van der Waals surface area contributed by atoms with Crippen LogP contribution < -0.4 is 5.73 Å². The molecule has 0 atom stereocenters. The van der Waals surface area contributed by atoms with Gasteiger partial charge in [0.15, 0.2) is 0 Å². The monoisotopic (exact) mass is 164 g/mol. The SMILES string of the molecule is CCc1ccc(CC(N)=O)nc1. The Hall–Kier alpha value is -1.38. The summed E-state index contributed by atoms with van der Waals surface area (Å²) in [4.78, 5) is 14.6. The van der Waals surface area contributed by atoms with Crippen LogP contribution in [0.25, 0.3) is 0 Å². The molecule has 0 aliphatic carbocycles. The van der Waals surface area contributed by atoms with E-state index in [1.807, 2.05) is 12.1 Å². The minimum absolute atomic E-state index is 0.226. The van der Waals surface area contributed by atoms with Crippen molar-refractivity contribution in [3.8, 4) is 0 Å². The fraction of sp³-hybridized carbons (Fsp3) is 0.333. The first kappa shape index (κ1) is 8.71. The molecular weight excluding hydrogens is 152 g/mol. The summed E-state index contributed by atoms with van der Waals surface area (Å²) >= 11 is 0. The van der Waals surface area contributed by atoms with Crippen molar-refractivity contribution < 1.29 is 4.79 Å². The summed E-state index contributed by atoms with van der Waals surface area (Å²) < 4.78 is 0. The second-order valence-corrected chi connectivity index (χ2v) is 2.65. The van der Waals surface area contributed by atoms with Gasteiger partial charge in [0.05, 0.1) is 6.42 Å². The molecule has 3 nitrogen and oxygen atoms in total. The van der Waals surface area contributed by atoms with E-state index in [2.05, 4.69) is 11.9 Å². The van der Waals surface area contributed by atoms with Crippen LogP contribution in [-0.2, 0) is 17.6 Å². The number of nitrogens with two attached hydrogens (primary N) is 1. The summed E-state index contributed by atoms with van der Waals surface area (Å²) in [6.07, 6.45) is 2.96. The number of carbonyl (C=O) groups excluding carboxylic acids is 1. The van der Waals surface area contributed by atoms with Crippen molar-refractivity contribution in [1.29, 1.82) is 0 Å². The number of hydrogen-bond acceptors (Lipinski definition) is 2. The third kappa shape index (κ3) is 2.34. The lowest BCUT2D eigenvalue weighted by atomic mass is 10.2. The Labute approximate surface area is 71.6 Å². The van der Waals surface area contributed by atoms with Gasteiger partial charge in [0, 0.05) is 11.9 Å². The van der Waals surface area contributed by atoms with Crippen LogP contribution in [0.1, 0.15) is 18.2 Å². The lowest BCUT2D eigenvalue weighted by Gasteiger charge is -1.98. The van der Waals surface area contributed by atoms with Crippen LogP contribution in [0.4, 0.5) is 0 Å². The van der Waals surface area contributed by atoms with Crippen molar-refractivity contribution in [3.63, 3.8) is 0 Å². The van der Waals surface area contributed by atoms with Crippen molar-refractivity contribution >= 4 is 5.91 Å². The molecule has 0 unspecified atom stereocenters. The van der Waals surface area contributed by atoms with Crippen LogP contribution >= 0.6 is 0 Å². The van der Waals surface area contributed by atoms with Gasteiger partial charge in [0.1, 0.15) is 0 Å². The van der Waals surface area contributed by atoms with Gasteiger partial charge in [-0.1, -0.05) is 13.0 Å². The zero-order chi connectivity index (χ0) is 8.97. The van der Waals surface area contributed by atoms with Crippen LogP contribution in [0, 0.1) is 0 Å². The minimum atomic E-state index is -0.341. The fourth-order valence-electron chi connectivity index (χ4n) is 0.947. The summed E-state index contributed by atoms with van der Waals surface area (Å²) in [6.45, 7) is 2.06. The highest BCUT2D eigenvalue weighted by Crippen LogP contribution is 2.00. The molecule has 64 valence electrons. The summed E-state index contributed by atoms with van der Waals surface area (Å²) in [5.74, 6) is -0.341. The van der Waals surface area contributed by atoms with Crippen LogP contribution in [0.15, 0.2) is 18.3 Å². The van der Waals surface area contributed by atoms with E-state index in [9.17, 15) is 4.79 Å². The molecule has 0 saturated heterocycles. The first-order valence-corrected chi connectivity index (χ1v) is 3.94. The van der Waals surface area contributed by atoms with Gasteiger partial charge in [-0.25, -0.2) is 0 Å². The Morgan fingerprint density at radius 2 is 2.33 bits per heavy atom. The van der Waals surface area contributed by atoms with E-state index in [4.69, 9.17) is 5.73 Å². The highest BCUT2D eigenvalue weighted by molar-refractivity contribution is 5.76. The summed E-state index contributed by atoms with van der Waals surface area (Å²) in [7, 11) is 0. The standard InChI is InChI=1S/C9H12N2O/c1-2-7-3-4-8(11-6-7)5-9(10)12/h3-4,6H,2,5H2,1H3,(H2,10,12). The van der Waals surface area contributed by atoms with Crippen LogP contribution in [0.3, 0.4) is 0 Å². The molecule has 1 rings (SSSR count). The van der Waals surface area contributed by atoms with Gasteiger partial charge in [-0.05, 0) is 18.1 Å². The number of nitrogens with zero attached hydrogens (tertiary/aromatic N) is 1. The molecule has 0 saturated carbocycles. The first-order chi connectivity index (χ1) is 5.72. The van der Waals surface area contributed by atoms with Crippen molar-refractivity contribution in [2.24, 2.45) is 5.73 Å². The van der Waals surface area contributed by atoms with E-state index >= 15 is 0 Å². The molecule has 0 aliphatic heterocycles. The molecule has 1 aromatic heterocycles. The van der Waals surface area contributed by atoms with Gasteiger partial charge in [0.25, 0.3) is 0 Å². The summed E-state index contributed by atoms with van der Waals surface area (Å²) in [6, 6.07) is 3.80. The molecule has 1 amide bonds. The predicted molar refractivity (Wildman–Crippen MR) is 46.5 cm³/mol. The number of rotatable bonds is 3. The Morgan fingerprint density at radius 3 is 2.75 bits per heavy atom. The predicted octanol–water partition coefficient (Wildman–Crippen LogP) is 0.672. The highest BCUT2D eigenvalue weighted by atomic mass is 16.1. The van der Waals surface area contributed by atoms with E-state index in [-0.39, 0.29) is 12.3 Å². The van der Waals surface area contributed by atoms with E-state index in [0.29, 0.717) is 0 Å². The van der Waals surface area contributed by atoms with E-state index in [1.54, 1.807) is 6.20 Å². The maximum absolute atomic E-state index is 10.5. The van der Waals surface area contributed by atoms with Gasteiger partial charge >= 0.3 is 0 Å². The van der Waals surface area contributed by atoms with Crippen LogP contribution in [-0.4, -0.2) is 10.9 Å². The Morgan fingerprint density at radius 1 is 1.58 bits per heavy atom. The maximum atomic E-state index is 10.5. The van der Waals surface area contributed by atoms with Crippen LogP contribution in [0.2, 0.25) is 0 Å². The molecule has 12 heavy (non-hydrogen) atoms. The Balaban J connectivity index is 2.71. The largest absolute Gasteiger partial charge is 0.369 e. The number of hydrogen-bond donors (Lipinski definition) is 1. The molecule has 0 aromatic carbocycles. The zero-order valence-corrected chi connectivity index (χ0v) is 7.08. The number of carbonyl (C=O) groups is 1. The highest BCUT2D eigenvalue weighted by Gasteiger charge is 1.98. The molecule has 0 spiro atoms. The van der Waals surface area contributed by atoms with Gasteiger partial charge in [0.2, 0.25) is 5.91 Å². The average Bonchev–Trinajstić information content (AvgIpc) is 2.05. The maximum Gasteiger partial charge on any atom is 0.223 e. The van der Waals surface area contributed by atoms with Gasteiger partial charge in [-0.3, -0.25) is 9.78 Å². The topological polar surface area (TPSA) is 56.0 Å². The van der Waals surface area contributed by atoms with E-state index in [0.717, 1.165) is 12.1 Å². The molecule has 0 bridgehead atoms. The minimum Gasteiger partial charge on any atom is -0.369 e. The number of primary amides is 1. The first-order valence-electron chi connectivity index (χ1n) is 3.94. The van der Waals surface area contributed by atoms with Crippen molar-refractivity contribution in [1.82, 2.24) is 4.98 Å². The molecule has 1 heterocycles. The zero-order valence-electron chi connectivity index (χ0n) is 7.08. The summed E-state index contributed by atoms with van der Waals surface area (Å²) in [5.41, 5.74) is 6.92. The van der Waals surface area contributed by atoms with Gasteiger partial charge in [-0.2, -0.15) is 0 Å². The Kier molecular flexibility index (Phi) is 2.80. The quantitative estimate of drug-likeness (QED) is 0.713. The molecule has 0 fully saturated rings. The lowest BCUT2D eigenvalue weighted by molar-refractivity contribution is -0.117. The third-order valence-electron chi connectivity index (χ3n) is 1.65. The number of aromatic nitrogens is 1. The second kappa shape index (κ2) is 3.85. The molecule has 2 N–H and O–H groups in total. The normalized spacial score (nSPS) is 9.75. The average molecular weight is 164 g/mol. The number of pyridine rings is 1. The van der Waals surface area contributed by atoms with Gasteiger partial charge in [-0.15, -0.1) is 0 Å². The number of aryl methyl sites for hydroxylation is 1. The van der Waals surface area contributed by atoms with Crippen LogP contribution in [0.5, 0.6) is 0 Å². The van der Waals surface area contributed by atoms with E-state index in [1.165, 1.54) is 5.56 Å². The van der Waals surface area contributed by atoms with Crippen molar-refractivity contribution in [2.75, 3.05) is 0 Å². The van der Waals surface area contributed by atoms with Gasteiger partial charge < -0.3 is 5.73 Å². The second-order valence-electron chi connectivity index (χ2n) is 2.65. The molecule has 1 aromatic rings. The molecular formula is C9H12N2O. The molecule has 0 radical (unpaired) electrons. The fourth-order valence-corrected chi connectivity index (χ4v) is 0.947. The summed E-state index contributed by atoms with van der Waals surface area (Å²) in [5, 5.41) is 0. The smallest absolute Gasteiger partial charge is 0.223 e. The lowest BCUT2D eigenvalue weighted by Crippen LogP contribution is -2.14. The molecule has 3 heteroatoms. The van der Waals surface area contributed by atoms with Crippen molar-refractivity contribution in [3.05, 3.63) is 29.6 Å².